The summed E-state index contributed by atoms with van der Waals surface area (Å²) in [5, 5.41) is -0.643. The third-order valence-corrected chi connectivity index (χ3v) is 5.84. The first-order chi connectivity index (χ1) is 12.3. The van der Waals surface area contributed by atoms with Crippen LogP contribution in [-0.2, 0) is 24.0 Å². The number of Topliss-reactive ketones (excluding diaryl/α,β-unsaturated/α-hetero) is 1. The van der Waals surface area contributed by atoms with Gasteiger partial charge in [0, 0.05) is 20.1 Å². The highest BCUT2D eigenvalue weighted by Crippen LogP contribution is 2.20. The number of hydrogen-bond acceptors (Lipinski definition) is 6. The second-order valence-corrected chi connectivity index (χ2v) is 8.48. The molecule has 0 amide bonds. The van der Waals surface area contributed by atoms with Crippen molar-refractivity contribution in [2.45, 2.75) is 36.8 Å². The molecule has 1 aromatic rings. The number of ketones is 1. The molecule has 0 aromatic heterocycles. The van der Waals surface area contributed by atoms with E-state index in [1.165, 1.54) is 19.9 Å². The van der Waals surface area contributed by atoms with E-state index in [1.54, 1.807) is 7.11 Å². The van der Waals surface area contributed by atoms with Gasteiger partial charge >= 0.3 is 0 Å². The molecule has 0 saturated heterocycles. The van der Waals surface area contributed by atoms with Crippen LogP contribution < -0.4 is 0 Å². The zero-order valence-corrected chi connectivity index (χ0v) is 16.3. The Balaban J connectivity index is 2.48. The summed E-state index contributed by atoms with van der Waals surface area (Å²) < 4.78 is 53.7. The predicted octanol–water partition coefficient (Wildman–Crippen LogP) is 2.65. The van der Waals surface area contributed by atoms with Crippen molar-refractivity contribution in [1.29, 1.82) is 0 Å². The molecule has 148 valence electrons. The second-order valence-electron chi connectivity index (χ2n) is 5.98. The van der Waals surface area contributed by atoms with Crippen LogP contribution in [0.2, 0.25) is 0 Å². The minimum atomic E-state index is -3.56. The van der Waals surface area contributed by atoms with Crippen LogP contribution in [0.25, 0.3) is 0 Å². The van der Waals surface area contributed by atoms with Gasteiger partial charge in [0.2, 0.25) is 0 Å². The number of carbonyl (C=O) groups is 1. The van der Waals surface area contributed by atoms with Crippen molar-refractivity contribution in [3.05, 3.63) is 29.6 Å². The first kappa shape index (κ1) is 22.7. The number of sulfone groups is 1. The minimum absolute atomic E-state index is 0.0401. The molecule has 0 radical (unpaired) electrons. The molecule has 26 heavy (non-hydrogen) atoms. The summed E-state index contributed by atoms with van der Waals surface area (Å²) in [6.07, 6.45) is 0.490. The zero-order chi connectivity index (χ0) is 19.6. The number of methoxy groups -OCH3 is 1. The summed E-state index contributed by atoms with van der Waals surface area (Å²) >= 11 is 0. The summed E-state index contributed by atoms with van der Waals surface area (Å²) in [4.78, 5) is 12.2. The molecule has 1 rings (SSSR count). The average Bonchev–Trinajstić information content (AvgIpc) is 2.60. The van der Waals surface area contributed by atoms with Crippen LogP contribution in [0, 0.1) is 5.82 Å². The van der Waals surface area contributed by atoms with Gasteiger partial charge in [0.1, 0.15) is 5.82 Å². The Bertz CT molecular complexity index is 672. The number of carbonyl (C=O) groups excluding carboxylic acids is 1. The van der Waals surface area contributed by atoms with Gasteiger partial charge in [0.25, 0.3) is 0 Å². The van der Waals surface area contributed by atoms with Gasteiger partial charge < -0.3 is 14.2 Å². The molecule has 0 atom stereocenters. The lowest BCUT2D eigenvalue weighted by atomic mass is 10.1. The standard InChI is InChI=1S/C18H27FO6S/c1-14(2)26(21,22)15-6-7-17(19)16(13-15)18(20)5-4-8-24-11-12-25-10-9-23-3/h6-7,13-14H,4-5,8-12H2,1-3H3. The molecule has 0 spiro atoms. The normalized spacial score (nSPS) is 11.9. The average molecular weight is 390 g/mol. The van der Waals surface area contributed by atoms with Crippen LogP contribution in [-0.4, -0.2) is 59.6 Å². The van der Waals surface area contributed by atoms with E-state index in [0.29, 0.717) is 39.5 Å². The molecular formula is C18H27FO6S. The molecule has 0 aliphatic carbocycles. The zero-order valence-electron chi connectivity index (χ0n) is 15.5. The first-order valence-corrected chi connectivity index (χ1v) is 10.1. The first-order valence-electron chi connectivity index (χ1n) is 8.51. The van der Waals surface area contributed by atoms with Crippen molar-refractivity contribution in [2.75, 3.05) is 40.1 Å². The summed E-state index contributed by atoms with van der Waals surface area (Å²) in [7, 11) is -1.97. The highest BCUT2D eigenvalue weighted by molar-refractivity contribution is 7.92. The van der Waals surface area contributed by atoms with Gasteiger partial charge in [-0.05, 0) is 38.5 Å². The topological polar surface area (TPSA) is 78.9 Å². The Morgan fingerprint density at radius 3 is 2.31 bits per heavy atom. The van der Waals surface area contributed by atoms with Gasteiger partial charge in [-0.3, -0.25) is 4.79 Å². The maximum atomic E-state index is 13.9. The Morgan fingerprint density at radius 1 is 1.08 bits per heavy atom. The molecule has 0 saturated carbocycles. The van der Waals surface area contributed by atoms with Crippen molar-refractivity contribution < 1.29 is 31.8 Å². The lowest BCUT2D eigenvalue weighted by molar-refractivity contribution is 0.0240. The van der Waals surface area contributed by atoms with Crippen molar-refractivity contribution in [3.8, 4) is 0 Å². The largest absolute Gasteiger partial charge is 0.382 e. The maximum Gasteiger partial charge on any atom is 0.180 e. The smallest absolute Gasteiger partial charge is 0.180 e. The fraction of sp³-hybridized carbons (Fsp3) is 0.611. The van der Waals surface area contributed by atoms with Crippen LogP contribution in [0.5, 0.6) is 0 Å². The van der Waals surface area contributed by atoms with Crippen LogP contribution in [0.15, 0.2) is 23.1 Å². The van der Waals surface area contributed by atoms with E-state index in [2.05, 4.69) is 0 Å². The molecule has 0 aliphatic rings. The number of benzene rings is 1. The van der Waals surface area contributed by atoms with Crippen molar-refractivity contribution in [1.82, 2.24) is 0 Å². The van der Waals surface area contributed by atoms with Gasteiger partial charge in [0.15, 0.2) is 15.6 Å². The Labute approximate surface area is 154 Å². The predicted molar refractivity (Wildman–Crippen MR) is 95.8 cm³/mol. The highest BCUT2D eigenvalue weighted by Gasteiger charge is 2.22. The fourth-order valence-electron chi connectivity index (χ4n) is 2.10. The third kappa shape index (κ3) is 7.11. The lowest BCUT2D eigenvalue weighted by Crippen LogP contribution is -2.15. The van der Waals surface area contributed by atoms with E-state index < -0.39 is 26.7 Å². The summed E-state index contributed by atoms with van der Waals surface area (Å²) in [6, 6.07) is 3.34. The molecule has 1 aromatic carbocycles. The Morgan fingerprint density at radius 2 is 1.69 bits per heavy atom. The maximum absolute atomic E-state index is 13.9. The number of ether oxygens (including phenoxy) is 3. The molecule has 0 bridgehead atoms. The van der Waals surface area contributed by atoms with Gasteiger partial charge in [0.05, 0.1) is 42.1 Å². The summed E-state index contributed by atoms with van der Waals surface area (Å²) in [5.41, 5.74) is -0.199. The van der Waals surface area contributed by atoms with E-state index in [1.807, 2.05) is 0 Å². The minimum Gasteiger partial charge on any atom is -0.382 e. The van der Waals surface area contributed by atoms with Crippen molar-refractivity contribution in [2.24, 2.45) is 0 Å². The highest BCUT2D eigenvalue weighted by atomic mass is 32.2. The van der Waals surface area contributed by atoms with Crippen LogP contribution in [0.3, 0.4) is 0 Å². The molecular weight excluding hydrogens is 363 g/mol. The quantitative estimate of drug-likeness (QED) is 0.293. The van der Waals surface area contributed by atoms with Gasteiger partial charge in [-0.15, -0.1) is 0 Å². The van der Waals surface area contributed by atoms with Crippen molar-refractivity contribution in [3.63, 3.8) is 0 Å². The van der Waals surface area contributed by atoms with Crippen LogP contribution in [0.4, 0.5) is 4.39 Å². The van der Waals surface area contributed by atoms with Gasteiger partial charge in [-0.25, -0.2) is 12.8 Å². The van der Waals surface area contributed by atoms with Crippen LogP contribution >= 0.6 is 0 Å². The fourth-order valence-corrected chi connectivity index (χ4v) is 3.19. The summed E-state index contributed by atoms with van der Waals surface area (Å²) in [5.74, 6) is -1.16. The second kappa shape index (κ2) is 11.4. The number of rotatable bonds is 13. The van der Waals surface area contributed by atoms with Gasteiger partial charge in [-0.1, -0.05) is 0 Å². The SMILES string of the molecule is COCCOCCOCCCC(=O)c1cc(S(=O)(=O)C(C)C)ccc1F. The van der Waals surface area contributed by atoms with E-state index in [9.17, 15) is 17.6 Å². The third-order valence-electron chi connectivity index (χ3n) is 3.68. The molecule has 8 heteroatoms. The van der Waals surface area contributed by atoms with Crippen molar-refractivity contribution >= 4 is 15.6 Å². The van der Waals surface area contributed by atoms with Crippen LogP contribution in [0.1, 0.15) is 37.0 Å². The van der Waals surface area contributed by atoms with E-state index in [0.717, 1.165) is 12.1 Å². The van der Waals surface area contributed by atoms with E-state index >= 15 is 0 Å². The van der Waals surface area contributed by atoms with E-state index in [-0.39, 0.29) is 16.9 Å². The Hall–Kier alpha value is -1.35. The molecule has 0 N–H and O–H groups in total. The summed E-state index contributed by atoms with van der Waals surface area (Å²) in [6.45, 7) is 5.26. The number of hydrogen-bond donors (Lipinski definition) is 0. The molecule has 0 heterocycles. The van der Waals surface area contributed by atoms with Gasteiger partial charge in [-0.2, -0.15) is 0 Å². The monoisotopic (exact) mass is 390 g/mol. The molecule has 0 unspecified atom stereocenters. The number of halogens is 1. The lowest BCUT2D eigenvalue weighted by Gasteiger charge is -2.10. The molecule has 6 nitrogen and oxygen atoms in total. The van der Waals surface area contributed by atoms with E-state index in [4.69, 9.17) is 14.2 Å². The molecule has 0 aliphatic heterocycles. The Kier molecular flexibility index (Phi) is 9.93. The molecule has 0 fully saturated rings.